The lowest BCUT2D eigenvalue weighted by atomic mass is 10.0. The summed E-state index contributed by atoms with van der Waals surface area (Å²) in [6.45, 7) is 5.35. The number of nitrogens with one attached hydrogen (secondary N) is 1. The summed E-state index contributed by atoms with van der Waals surface area (Å²) in [7, 11) is 0. The molecule has 0 saturated carbocycles. The van der Waals surface area contributed by atoms with E-state index in [0.29, 0.717) is 17.4 Å². The minimum Gasteiger partial charge on any atom is -0.356 e. The van der Waals surface area contributed by atoms with Gasteiger partial charge in [-0.2, -0.15) is 0 Å². The van der Waals surface area contributed by atoms with Crippen LogP contribution in [-0.4, -0.2) is 51.9 Å². The maximum absolute atomic E-state index is 12.7. The number of aromatic nitrogens is 3. The van der Waals surface area contributed by atoms with E-state index < -0.39 is 0 Å². The number of aromatic amines is 1. The first-order chi connectivity index (χ1) is 13.1. The number of carbonyl (C=O) groups is 1. The highest BCUT2D eigenvalue weighted by Gasteiger charge is 2.43. The van der Waals surface area contributed by atoms with E-state index in [1.165, 1.54) is 29.9 Å². The lowest BCUT2D eigenvalue weighted by Gasteiger charge is -2.24. The second-order valence-electron chi connectivity index (χ2n) is 7.95. The Kier molecular flexibility index (Phi) is 3.77. The first kappa shape index (κ1) is 16.5. The fraction of sp³-hybridized carbons (Fsp3) is 0.500. The van der Waals surface area contributed by atoms with Crippen LogP contribution in [0.5, 0.6) is 0 Å². The highest BCUT2D eigenvalue weighted by molar-refractivity contribution is 5.94. The molecule has 1 N–H and O–H groups in total. The molecule has 7 heteroatoms. The van der Waals surface area contributed by atoms with Crippen molar-refractivity contribution in [2.45, 2.75) is 26.2 Å². The van der Waals surface area contributed by atoms with Crippen LogP contribution < -0.4 is 10.5 Å². The summed E-state index contributed by atoms with van der Waals surface area (Å²) >= 11 is 0. The molecule has 0 radical (unpaired) electrons. The maximum atomic E-state index is 12.7. The van der Waals surface area contributed by atoms with Crippen molar-refractivity contribution in [3.05, 3.63) is 51.3 Å². The summed E-state index contributed by atoms with van der Waals surface area (Å²) in [4.78, 5) is 40.4. The van der Waals surface area contributed by atoms with Crippen LogP contribution in [0.4, 0.5) is 5.82 Å². The zero-order valence-electron chi connectivity index (χ0n) is 15.4. The van der Waals surface area contributed by atoms with Gasteiger partial charge in [0.15, 0.2) is 0 Å². The molecule has 2 aromatic rings. The average molecular weight is 365 g/mol. The molecular formula is C20H23N5O2. The van der Waals surface area contributed by atoms with Crippen LogP contribution in [0, 0.1) is 18.8 Å². The Labute approximate surface area is 157 Å². The second-order valence-corrected chi connectivity index (χ2v) is 7.95. The van der Waals surface area contributed by atoms with E-state index in [2.05, 4.69) is 14.9 Å². The van der Waals surface area contributed by atoms with Gasteiger partial charge in [0.2, 0.25) is 5.56 Å². The standard InChI is InChI=1S/C20H23N5O2/c1-12-22-17-4-2-3-16(17)19(23-12)24-8-14-10-25(11-15(14)9-24)20(27)13-5-6-21-18(26)7-13/h5-7,14-15H,2-4,8-11H2,1H3,(H,21,26). The first-order valence-electron chi connectivity index (χ1n) is 9.68. The predicted molar refractivity (Wildman–Crippen MR) is 101 cm³/mol. The van der Waals surface area contributed by atoms with Gasteiger partial charge in [0.1, 0.15) is 11.6 Å². The lowest BCUT2D eigenvalue weighted by Crippen LogP contribution is -2.34. The van der Waals surface area contributed by atoms with Crippen LogP contribution in [0.3, 0.4) is 0 Å². The normalized spacial score (nSPS) is 23.6. The van der Waals surface area contributed by atoms with E-state index in [9.17, 15) is 9.59 Å². The largest absolute Gasteiger partial charge is 0.356 e. The number of hydrogen-bond donors (Lipinski definition) is 1. The Morgan fingerprint density at radius 2 is 1.93 bits per heavy atom. The minimum absolute atomic E-state index is 0.0409. The third-order valence-corrected chi connectivity index (χ3v) is 6.12. The number of likely N-dealkylation sites (tertiary alicyclic amines) is 1. The highest BCUT2D eigenvalue weighted by atomic mass is 16.2. The summed E-state index contributed by atoms with van der Waals surface area (Å²) in [6, 6.07) is 3.06. The molecule has 1 aliphatic carbocycles. The van der Waals surface area contributed by atoms with Gasteiger partial charge in [0.05, 0.1) is 0 Å². The summed E-state index contributed by atoms with van der Waals surface area (Å²) in [5, 5.41) is 0. The molecule has 5 rings (SSSR count). The zero-order valence-corrected chi connectivity index (χ0v) is 15.4. The molecular weight excluding hydrogens is 342 g/mol. The van der Waals surface area contributed by atoms with Gasteiger partial charge in [-0.15, -0.1) is 0 Å². The molecule has 7 nitrogen and oxygen atoms in total. The smallest absolute Gasteiger partial charge is 0.254 e. The molecule has 2 unspecified atom stereocenters. The molecule has 27 heavy (non-hydrogen) atoms. The van der Waals surface area contributed by atoms with Gasteiger partial charge in [-0.25, -0.2) is 9.97 Å². The number of amides is 1. The Hall–Kier alpha value is -2.70. The molecule has 2 atom stereocenters. The fourth-order valence-electron chi connectivity index (χ4n) is 4.89. The number of pyridine rings is 1. The molecule has 140 valence electrons. The van der Waals surface area contributed by atoms with Crippen molar-refractivity contribution in [3.63, 3.8) is 0 Å². The number of aryl methyl sites for hydroxylation is 2. The van der Waals surface area contributed by atoms with E-state index in [0.717, 1.165) is 50.7 Å². The number of rotatable bonds is 2. The van der Waals surface area contributed by atoms with E-state index in [1.54, 1.807) is 6.07 Å². The lowest BCUT2D eigenvalue weighted by molar-refractivity contribution is 0.0782. The molecule has 3 aliphatic rings. The molecule has 2 fully saturated rings. The molecule has 2 saturated heterocycles. The number of H-pyrrole nitrogens is 1. The van der Waals surface area contributed by atoms with E-state index in [4.69, 9.17) is 4.98 Å². The molecule has 2 aromatic heterocycles. The first-order valence-corrected chi connectivity index (χ1v) is 9.68. The van der Waals surface area contributed by atoms with Crippen molar-refractivity contribution < 1.29 is 4.79 Å². The number of hydrogen-bond acceptors (Lipinski definition) is 5. The van der Waals surface area contributed by atoms with Crippen LogP contribution >= 0.6 is 0 Å². The monoisotopic (exact) mass is 365 g/mol. The van der Waals surface area contributed by atoms with Crippen molar-refractivity contribution >= 4 is 11.7 Å². The van der Waals surface area contributed by atoms with Crippen molar-refractivity contribution in [3.8, 4) is 0 Å². The molecule has 0 bridgehead atoms. The van der Waals surface area contributed by atoms with E-state index >= 15 is 0 Å². The van der Waals surface area contributed by atoms with Crippen LogP contribution in [0.15, 0.2) is 23.1 Å². The number of anilines is 1. The van der Waals surface area contributed by atoms with Crippen molar-refractivity contribution in [1.29, 1.82) is 0 Å². The van der Waals surface area contributed by atoms with Crippen molar-refractivity contribution in [2.75, 3.05) is 31.1 Å². The van der Waals surface area contributed by atoms with Crippen LogP contribution in [0.1, 0.15) is 33.9 Å². The summed E-state index contributed by atoms with van der Waals surface area (Å²) in [5.41, 5.74) is 2.79. The molecule has 0 spiro atoms. The molecule has 1 amide bonds. The number of fused-ring (bicyclic) bond motifs is 2. The van der Waals surface area contributed by atoms with Gasteiger partial charge in [0.25, 0.3) is 5.91 Å². The van der Waals surface area contributed by atoms with Crippen molar-refractivity contribution in [1.82, 2.24) is 19.9 Å². The van der Waals surface area contributed by atoms with Gasteiger partial charge in [-0.05, 0) is 32.3 Å². The Morgan fingerprint density at radius 3 is 2.67 bits per heavy atom. The SMILES string of the molecule is Cc1nc2c(c(N3CC4CN(C(=O)c5cc[nH]c(=O)c5)CC4C3)n1)CCC2. The third kappa shape index (κ3) is 2.81. The third-order valence-electron chi connectivity index (χ3n) is 6.12. The van der Waals surface area contributed by atoms with E-state index in [1.807, 2.05) is 11.8 Å². The zero-order chi connectivity index (χ0) is 18.5. The van der Waals surface area contributed by atoms with Gasteiger partial charge in [-0.1, -0.05) is 0 Å². The van der Waals surface area contributed by atoms with Crippen LogP contribution in [0.2, 0.25) is 0 Å². The maximum Gasteiger partial charge on any atom is 0.254 e. The predicted octanol–water partition coefficient (Wildman–Crippen LogP) is 1.17. The topological polar surface area (TPSA) is 82.2 Å². The number of carbonyl (C=O) groups excluding carboxylic acids is 1. The van der Waals surface area contributed by atoms with Gasteiger partial charge >= 0.3 is 0 Å². The fourth-order valence-corrected chi connectivity index (χ4v) is 4.89. The Bertz CT molecular complexity index is 955. The number of nitrogens with zero attached hydrogens (tertiary/aromatic N) is 4. The Morgan fingerprint density at radius 1 is 1.15 bits per heavy atom. The molecule has 2 aliphatic heterocycles. The van der Waals surface area contributed by atoms with Gasteiger partial charge in [-0.3, -0.25) is 9.59 Å². The van der Waals surface area contributed by atoms with Crippen LogP contribution in [0.25, 0.3) is 0 Å². The molecule has 0 aromatic carbocycles. The summed E-state index contributed by atoms with van der Waals surface area (Å²) < 4.78 is 0. The van der Waals surface area contributed by atoms with Gasteiger partial charge < -0.3 is 14.8 Å². The van der Waals surface area contributed by atoms with E-state index in [-0.39, 0.29) is 11.5 Å². The van der Waals surface area contributed by atoms with Crippen LogP contribution in [-0.2, 0) is 12.8 Å². The highest BCUT2D eigenvalue weighted by Crippen LogP contribution is 2.37. The summed E-state index contributed by atoms with van der Waals surface area (Å²) in [6.07, 6.45) is 4.83. The van der Waals surface area contributed by atoms with Gasteiger partial charge in [0, 0.05) is 67.1 Å². The van der Waals surface area contributed by atoms with Crippen molar-refractivity contribution in [2.24, 2.45) is 11.8 Å². The molecule has 4 heterocycles. The Balaban J connectivity index is 1.32. The second kappa shape index (κ2) is 6.18. The average Bonchev–Trinajstić information content (AvgIpc) is 3.34. The minimum atomic E-state index is -0.237. The summed E-state index contributed by atoms with van der Waals surface area (Å²) in [5.74, 6) is 2.86. The quantitative estimate of drug-likeness (QED) is 0.864.